The zero-order valence-electron chi connectivity index (χ0n) is 16.6. The van der Waals surface area contributed by atoms with E-state index in [0.29, 0.717) is 22.7 Å². The third kappa shape index (κ3) is 3.55. The molecule has 7 heteroatoms. The highest BCUT2D eigenvalue weighted by Crippen LogP contribution is 2.41. The Balaban J connectivity index is 1.61. The van der Waals surface area contributed by atoms with Gasteiger partial charge in [0.15, 0.2) is 0 Å². The third-order valence-electron chi connectivity index (χ3n) is 5.09. The minimum Gasteiger partial charge on any atom is -0.508 e. The van der Waals surface area contributed by atoms with Crippen LogP contribution in [0.15, 0.2) is 79.0 Å². The maximum Gasteiger partial charge on any atom is 0.299 e. The molecule has 0 atom stereocenters. The summed E-state index contributed by atoms with van der Waals surface area (Å²) in [6, 6.07) is 21.9. The zero-order chi connectivity index (χ0) is 22.1. The number of ether oxygens (including phenoxy) is 1. The van der Waals surface area contributed by atoms with Crippen molar-refractivity contribution in [2.75, 3.05) is 0 Å². The Morgan fingerprint density at radius 3 is 2.50 bits per heavy atom. The molecule has 0 bridgehead atoms. The number of phenolic OH excluding ortho intramolecular Hbond substituents is 1. The molecule has 0 aliphatic rings. The lowest BCUT2D eigenvalue weighted by atomic mass is 9.97. The number of carbonyl (C=O) groups is 2. The van der Waals surface area contributed by atoms with Crippen LogP contribution in [0.4, 0.5) is 0 Å². The highest BCUT2D eigenvalue weighted by molar-refractivity contribution is 7.21. The van der Waals surface area contributed by atoms with E-state index in [4.69, 9.17) is 4.74 Å². The van der Waals surface area contributed by atoms with E-state index in [9.17, 15) is 14.7 Å². The van der Waals surface area contributed by atoms with E-state index < -0.39 is 0 Å². The largest absolute Gasteiger partial charge is 0.508 e. The van der Waals surface area contributed by atoms with Crippen molar-refractivity contribution in [2.45, 2.75) is 0 Å². The van der Waals surface area contributed by atoms with Crippen molar-refractivity contribution in [1.82, 2.24) is 9.97 Å². The van der Waals surface area contributed by atoms with Crippen LogP contribution in [-0.4, -0.2) is 27.3 Å². The third-order valence-corrected chi connectivity index (χ3v) is 6.24. The molecule has 0 spiro atoms. The Hall–Kier alpha value is -4.23. The number of ketones is 1. The van der Waals surface area contributed by atoms with Crippen LogP contribution in [0.25, 0.3) is 32.6 Å². The van der Waals surface area contributed by atoms with Crippen LogP contribution in [-0.2, 0) is 4.79 Å². The summed E-state index contributed by atoms with van der Waals surface area (Å²) in [6.07, 6.45) is 1.44. The zero-order valence-corrected chi connectivity index (χ0v) is 17.4. The number of imidazole rings is 1. The van der Waals surface area contributed by atoms with Crippen LogP contribution in [0.2, 0.25) is 0 Å². The van der Waals surface area contributed by atoms with Crippen molar-refractivity contribution < 1.29 is 19.4 Å². The lowest BCUT2D eigenvalue weighted by molar-refractivity contribution is -0.120. The van der Waals surface area contributed by atoms with Gasteiger partial charge >= 0.3 is 0 Å². The van der Waals surface area contributed by atoms with Gasteiger partial charge in [-0.1, -0.05) is 54.6 Å². The highest BCUT2D eigenvalue weighted by Gasteiger charge is 2.21. The molecule has 5 rings (SSSR count). The smallest absolute Gasteiger partial charge is 0.299 e. The minimum absolute atomic E-state index is 0.0629. The topological polar surface area (TPSA) is 92.3 Å². The van der Waals surface area contributed by atoms with Crippen molar-refractivity contribution in [3.8, 4) is 34.1 Å². The fraction of sp³-hybridized carbons (Fsp3) is 0. The summed E-state index contributed by atoms with van der Waals surface area (Å²) in [5.74, 6) is 0.921. The summed E-state index contributed by atoms with van der Waals surface area (Å²) >= 11 is 1.37. The number of phenols is 1. The second-order valence-corrected chi connectivity index (χ2v) is 8.12. The van der Waals surface area contributed by atoms with Crippen LogP contribution < -0.4 is 4.74 Å². The fourth-order valence-electron chi connectivity index (χ4n) is 3.61. The van der Waals surface area contributed by atoms with E-state index in [1.54, 1.807) is 24.3 Å². The van der Waals surface area contributed by atoms with Crippen LogP contribution in [0.3, 0.4) is 0 Å². The summed E-state index contributed by atoms with van der Waals surface area (Å²) in [4.78, 5) is 31.6. The van der Waals surface area contributed by atoms with Crippen molar-refractivity contribution in [1.29, 1.82) is 0 Å². The molecule has 32 heavy (non-hydrogen) atoms. The van der Waals surface area contributed by atoms with Crippen molar-refractivity contribution in [3.63, 3.8) is 0 Å². The maximum atomic E-state index is 13.3. The number of nitrogens with one attached hydrogen (secondary N) is 1. The van der Waals surface area contributed by atoms with Crippen LogP contribution in [0.5, 0.6) is 11.6 Å². The van der Waals surface area contributed by atoms with Crippen LogP contribution in [0, 0.1) is 0 Å². The molecule has 3 aromatic carbocycles. The van der Waals surface area contributed by atoms with Gasteiger partial charge < -0.3 is 14.8 Å². The number of rotatable bonds is 6. The van der Waals surface area contributed by atoms with Gasteiger partial charge in [0, 0.05) is 26.8 Å². The van der Waals surface area contributed by atoms with Crippen LogP contribution in [0.1, 0.15) is 15.2 Å². The molecule has 0 saturated carbocycles. The van der Waals surface area contributed by atoms with Gasteiger partial charge in [0.05, 0.1) is 11.1 Å². The number of hydrogen-bond acceptors (Lipinski definition) is 6. The predicted molar refractivity (Wildman–Crippen MR) is 123 cm³/mol. The van der Waals surface area contributed by atoms with E-state index in [2.05, 4.69) is 9.97 Å². The number of aromatic nitrogens is 2. The summed E-state index contributed by atoms with van der Waals surface area (Å²) < 4.78 is 5.62. The normalized spacial score (nSPS) is 10.9. The van der Waals surface area contributed by atoms with Gasteiger partial charge in [-0.2, -0.15) is 0 Å². The molecule has 5 aromatic rings. The van der Waals surface area contributed by atoms with E-state index >= 15 is 0 Å². The molecule has 2 N–H and O–H groups in total. The number of aromatic hydroxyl groups is 1. The molecule has 0 radical (unpaired) electrons. The lowest BCUT2D eigenvalue weighted by Crippen LogP contribution is -2.00. The summed E-state index contributed by atoms with van der Waals surface area (Å²) in [6.45, 7) is 0.338. The van der Waals surface area contributed by atoms with Gasteiger partial charge in [0.2, 0.25) is 11.7 Å². The standard InChI is InChI=1S/C25H16N2O4S/c28-14-31-21-13-26-25(27-21)17-8-6-15(7-9-17)22-19-11-10-18(29)12-20(19)32-24(22)23(30)16-4-2-1-3-5-16/h1-14,29H,(H,26,27). The first-order chi connectivity index (χ1) is 15.6. The molecule has 0 saturated heterocycles. The van der Waals surface area contributed by atoms with Gasteiger partial charge in [-0.05, 0) is 23.8 Å². The summed E-state index contributed by atoms with van der Waals surface area (Å²) in [5.41, 5.74) is 3.12. The SMILES string of the molecule is O=COc1cnc(-c2ccc(-c3c(C(=O)c4ccccc4)sc4cc(O)ccc34)cc2)[nH]1. The summed E-state index contributed by atoms with van der Waals surface area (Å²) in [7, 11) is 0. The van der Waals surface area contributed by atoms with Gasteiger partial charge in [-0.25, -0.2) is 4.98 Å². The molecule has 0 unspecified atom stereocenters. The Morgan fingerprint density at radius 2 is 1.75 bits per heavy atom. The molecule has 0 aliphatic heterocycles. The number of aromatic amines is 1. The quantitative estimate of drug-likeness (QED) is 0.271. The molecule has 2 aromatic heterocycles. The number of hydrogen-bond donors (Lipinski definition) is 2. The second kappa shape index (κ2) is 8.13. The predicted octanol–water partition coefficient (Wildman–Crippen LogP) is 5.43. The van der Waals surface area contributed by atoms with Gasteiger partial charge in [-0.15, -0.1) is 11.3 Å². The number of nitrogens with zero attached hydrogens (tertiary/aromatic N) is 1. The molecule has 0 amide bonds. The van der Waals surface area contributed by atoms with E-state index in [0.717, 1.165) is 26.8 Å². The van der Waals surface area contributed by atoms with E-state index in [1.165, 1.54) is 17.5 Å². The Kier molecular flexibility index (Phi) is 5.01. The molecule has 2 heterocycles. The Labute approximate surface area is 186 Å². The first-order valence-electron chi connectivity index (χ1n) is 9.75. The fourth-order valence-corrected chi connectivity index (χ4v) is 4.83. The average Bonchev–Trinajstić information content (AvgIpc) is 3.44. The molecule has 156 valence electrons. The molecular formula is C25H16N2O4S. The number of thiophene rings is 1. The van der Waals surface area contributed by atoms with Crippen molar-refractivity contribution in [2.24, 2.45) is 0 Å². The molecule has 6 nitrogen and oxygen atoms in total. The van der Waals surface area contributed by atoms with Crippen molar-refractivity contribution >= 4 is 33.7 Å². The van der Waals surface area contributed by atoms with Gasteiger partial charge in [-0.3, -0.25) is 9.59 Å². The Morgan fingerprint density at radius 1 is 1.00 bits per heavy atom. The number of carbonyl (C=O) groups excluding carboxylic acids is 2. The number of benzene rings is 3. The minimum atomic E-state index is -0.0629. The van der Waals surface area contributed by atoms with Crippen molar-refractivity contribution in [3.05, 3.63) is 89.4 Å². The molecular weight excluding hydrogens is 424 g/mol. The molecule has 0 fully saturated rings. The van der Waals surface area contributed by atoms with Gasteiger partial charge in [0.1, 0.15) is 11.6 Å². The van der Waals surface area contributed by atoms with E-state index in [-0.39, 0.29) is 17.4 Å². The number of H-pyrrole nitrogens is 1. The van der Waals surface area contributed by atoms with E-state index in [1.807, 2.05) is 48.5 Å². The lowest BCUT2D eigenvalue weighted by Gasteiger charge is -2.06. The average molecular weight is 440 g/mol. The molecule has 0 aliphatic carbocycles. The number of fused-ring (bicyclic) bond motifs is 1. The summed E-state index contributed by atoms with van der Waals surface area (Å²) in [5, 5.41) is 10.8. The van der Waals surface area contributed by atoms with Gasteiger partial charge in [0.25, 0.3) is 6.47 Å². The monoisotopic (exact) mass is 440 g/mol. The Bertz CT molecular complexity index is 1440. The highest BCUT2D eigenvalue weighted by atomic mass is 32.1. The first kappa shape index (κ1) is 19.7. The first-order valence-corrected chi connectivity index (χ1v) is 10.6. The van der Waals surface area contributed by atoms with Crippen LogP contribution >= 0.6 is 11.3 Å². The maximum absolute atomic E-state index is 13.3. The second-order valence-electron chi connectivity index (χ2n) is 7.07.